The van der Waals surface area contributed by atoms with Crippen molar-refractivity contribution in [2.75, 3.05) is 12.0 Å². The molecule has 0 radical (unpaired) electrons. The second-order valence-electron chi connectivity index (χ2n) is 5.96. The van der Waals surface area contributed by atoms with E-state index >= 15 is 0 Å². The highest BCUT2D eigenvalue weighted by Gasteiger charge is 2.19. The highest BCUT2D eigenvalue weighted by molar-refractivity contribution is 6.00. The number of nitrogens with zero attached hydrogens (tertiary/aromatic N) is 4. The van der Waals surface area contributed by atoms with E-state index in [9.17, 15) is 9.59 Å². The molecule has 0 unspecified atom stereocenters. The molecule has 3 aromatic heterocycles. The van der Waals surface area contributed by atoms with E-state index in [-0.39, 0.29) is 17.3 Å². The Balaban J connectivity index is 1.94. The van der Waals surface area contributed by atoms with E-state index in [1.54, 1.807) is 30.6 Å². The zero-order valence-electron chi connectivity index (χ0n) is 14.8. The Morgan fingerprint density at radius 1 is 1.15 bits per heavy atom. The average Bonchev–Trinajstić information content (AvgIpc) is 2.67. The molecular formula is C20H16N4O3. The van der Waals surface area contributed by atoms with Crippen molar-refractivity contribution >= 4 is 34.0 Å². The van der Waals surface area contributed by atoms with Crippen molar-refractivity contribution < 1.29 is 9.53 Å². The number of carbonyl (C=O) groups excluding carboxylic acids is 1. The van der Waals surface area contributed by atoms with Crippen LogP contribution in [0.3, 0.4) is 0 Å². The summed E-state index contributed by atoms with van der Waals surface area (Å²) < 4.78 is 6.69. The van der Waals surface area contributed by atoms with Crippen LogP contribution in [0.4, 0.5) is 11.5 Å². The summed E-state index contributed by atoms with van der Waals surface area (Å²) in [6.07, 6.45) is 3.32. The molecule has 7 nitrogen and oxygen atoms in total. The van der Waals surface area contributed by atoms with Gasteiger partial charge in [0.2, 0.25) is 5.91 Å². The molecule has 0 atom stereocenters. The van der Waals surface area contributed by atoms with Gasteiger partial charge in [0.15, 0.2) is 11.4 Å². The van der Waals surface area contributed by atoms with Crippen LogP contribution in [0.5, 0.6) is 5.75 Å². The fourth-order valence-corrected chi connectivity index (χ4v) is 3.04. The third-order valence-electron chi connectivity index (χ3n) is 4.25. The van der Waals surface area contributed by atoms with Crippen molar-refractivity contribution in [1.82, 2.24) is 14.4 Å². The minimum atomic E-state index is -0.303. The van der Waals surface area contributed by atoms with Crippen LogP contribution in [0.15, 0.2) is 65.7 Å². The number of amides is 1. The molecule has 0 saturated carbocycles. The Morgan fingerprint density at radius 3 is 2.78 bits per heavy atom. The molecule has 4 aromatic rings. The predicted octanol–water partition coefficient (Wildman–Crippen LogP) is 2.94. The highest BCUT2D eigenvalue weighted by Crippen LogP contribution is 2.28. The number of benzene rings is 1. The molecule has 0 aliphatic heterocycles. The molecule has 27 heavy (non-hydrogen) atoms. The van der Waals surface area contributed by atoms with E-state index < -0.39 is 0 Å². The van der Waals surface area contributed by atoms with Gasteiger partial charge in [-0.25, -0.2) is 4.98 Å². The predicted molar refractivity (Wildman–Crippen MR) is 103 cm³/mol. The normalized spacial score (nSPS) is 10.9. The summed E-state index contributed by atoms with van der Waals surface area (Å²) in [5.41, 5.74) is 1.46. The number of aromatic nitrogens is 3. The first-order valence-corrected chi connectivity index (χ1v) is 8.30. The molecule has 0 saturated heterocycles. The molecule has 134 valence electrons. The molecule has 1 amide bonds. The largest absolute Gasteiger partial charge is 0.493 e. The third-order valence-corrected chi connectivity index (χ3v) is 4.25. The summed E-state index contributed by atoms with van der Waals surface area (Å²) in [4.78, 5) is 35.2. The van der Waals surface area contributed by atoms with Gasteiger partial charge in [-0.1, -0.05) is 6.07 Å². The lowest BCUT2D eigenvalue weighted by atomic mass is 10.2. The van der Waals surface area contributed by atoms with E-state index in [0.717, 1.165) is 10.9 Å². The molecule has 3 heterocycles. The van der Waals surface area contributed by atoms with Crippen molar-refractivity contribution in [2.24, 2.45) is 0 Å². The number of ether oxygens (including phenoxy) is 1. The molecule has 0 fully saturated rings. The minimum Gasteiger partial charge on any atom is -0.493 e. The Kier molecular flexibility index (Phi) is 4.04. The molecular weight excluding hydrogens is 344 g/mol. The number of carbonyl (C=O) groups is 1. The maximum atomic E-state index is 12.6. The summed E-state index contributed by atoms with van der Waals surface area (Å²) in [5, 5.41) is 0.886. The lowest BCUT2D eigenvalue weighted by Gasteiger charge is -2.21. The minimum absolute atomic E-state index is 0.236. The van der Waals surface area contributed by atoms with Gasteiger partial charge in [-0.3, -0.25) is 23.9 Å². The molecule has 0 spiro atoms. The van der Waals surface area contributed by atoms with E-state index in [4.69, 9.17) is 4.74 Å². The molecule has 0 aliphatic rings. The van der Waals surface area contributed by atoms with E-state index in [1.165, 1.54) is 29.4 Å². The third kappa shape index (κ3) is 2.89. The molecule has 7 heteroatoms. The van der Waals surface area contributed by atoms with Crippen LogP contribution in [0.25, 0.3) is 16.6 Å². The van der Waals surface area contributed by atoms with Gasteiger partial charge < -0.3 is 4.74 Å². The van der Waals surface area contributed by atoms with Gasteiger partial charge in [-0.05, 0) is 36.4 Å². The summed E-state index contributed by atoms with van der Waals surface area (Å²) in [6.45, 7) is 1.43. The molecule has 0 aliphatic carbocycles. The van der Waals surface area contributed by atoms with Crippen LogP contribution in [0.1, 0.15) is 6.92 Å². The quantitative estimate of drug-likeness (QED) is 0.561. The van der Waals surface area contributed by atoms with Gasteiger partial charge in [0.05, 0.1) is 18.3 Å². The number of fused-ring (bicyclic) bond motifs is 2. The zero-order valence-corrected chi connectivity index (χ0v) is 14.8. The van der Waals surface area contributed by atoms with Crippen molar-refractivity contribution in [3.63, 3.8) is 0 Å². The Labute approximate surface area is 154 Å². The Hall–Kier alpha value is -3.74. The zero-order chi connectivity index (χ0) is 19.0. The summed E-state index contributed by atoms with van der Waals surface area (Å²) >= 11 is 0. The first kappa shape index (κ1) is 16.7. The van der Waals surface area contributed by atoms with Crippen LogP contribution in [0.2, 0.25) is 0 Å². The Bertz CT molecular complexity index is 1230. The maximum absolute atomic E-state index is 12.6. The highest BCUT2D eigenvalue weighted by atomic mass is 16.5. The monoisotopic (exact) mass is 360 g/mol. The van der Waals surface area contributed by atoms with Crippen LogP contribution in [-0.2, 0) is 4.79 Å². The van der Waals surface area contributed by atoms with Gasteiger partial charge >= 0.3 is 0 Å². The summed E-state index contributed by atoms with van der Waals surface area (Å²) in [7, 11) is 1.51. The number of pyridine rings is 2. The fraction of sp³-hybridized carbons (Fsp3) is 0.100. The first-order valence-electron chi connectivity index (χ1n) is 8.30. The lowest BCUT2D eigenvalue weighted by Crippen LogP contribution is -2.26. The Morgan fingerprint density at radius 2 is 2.00 bits per heavy atom. The van der Waals surface area contributed by atoms with Crippen molar-refractivity contribution in [1.29, 1.82) is 0 Å². The van der Waals surface area contributed by atoms with Crippen LogP contribution < -0.4 is 15.2 Å². The smallest absolute Gasteiger partial charge is 0.260 e. The average molecular weight is 360 g/mol. The standard InChI is InChI=1S/C20H16N4O3/c1-13(25)24(15-7-8-16-14(11-15)5-3-9-21-16)18-12-19(26)23-10-4-6-17(27-2)20(23)22-18/h3-12H,1-2H3. The molecule has 4 rings (SSSR count). The molecule has 0 N–H and O–H groups in total. The van der Waals surface area contributed by atoms with Gasteiger partial charge in [0.1, 0.15) is 5.82 Å². The summed E-state index contributed by atoms with van der Waals surface area (Å²) in [5.74, 6) is 0.423. The van der Waals surface area contributed by atoms with Gasteiger partial charge in [0.25, 0.3) is 5.56 Å². The maximum Gasteiger partial charge on any atom is 0.260 e. The van der Waals surface area contributed by atoms with E-state index in [0.29, 0.717) is 17.1 Å². The van der Waals surface area contributed by atoms with Gasteiger partial charge in [-0.2, -0.15) is 0 Å². The lowest BCUT2D eigenvalue weighted by molar-refractivity contribution is -0.115. The number of hydrogen-bond acceptors (Lipinski definition) is 5. The topological polar surface area (TPSA) is 76.8 Å². The number of rotatable bonds is 3. The van der Waals surface area contributed by atoms with E-state index in [2.05, 4.69) is 9.97 Å². The van der Waals surface area contributed by atoms with E-state index in [1.807, 2.05) is 24.3 Å². The second-order valence-corrected chi connectivity index (χ2v) is 5.96. The van der Waals surface area contributed by atoms with Gasteiger partial charge in [-0.15, -0.1) is 0 Å². The van der Waals surface area contributed by atoms with Crippen molar-refractivity contribution in [2.45, 2.75) is 6.92 Å². The molecule has 1 aromatic carbocycles. The van der Waals surface area contributed by atoms with Gasteiger partial charge in [0, 0.05) is 30.8 Å². The first-order chi connectivity index (χ1) is 13.1. The SMILES string of the molecule is COc1cccn2c(=O)cc(N(C(C)=O)c3ccc4ncccc4c3)nc12. The number of hydrogen-bond donors (Lipinski definition) is 0. The van der Waals surface area contributed by atoms with Crippen LogP contribution in [-0.4, -0.2) is 27.4 Å². The van der Waals surface area contributed by atoms with Crippen LogP contribution >= 0.6 is 0 Å². The van der Waals surface area contributed by atoms with Crippen molar-refractivity contribution in [3.8, 4) is 5.75 Å². The number of methoxy groups -OCH3 is 1. The second kappa shape index (κ2) is 6.53. The summed E-state index contributed by atoms with van der Waals surface area (Å²) in [6, 6.07) is 13.9. The fourth-order valence-electron chi connectivity index (χ4n) is 3.04. The van der Waals surface area contributed by atoms with Crippen LogP contribution in [0, 0.1) is 0 Å². The van der Waals surface area contributed by atoms with Crippen molar-refractivity contribution in [3.05, 3.63) is 71.3 Å². The molecule has 0 bridgehead atoms. The number of anilines is 2.